The van der Waals surface area contributed by atoms with Crippen molar-refractivity contribution in [2.45, 2.75) is 25.4 Å². The third kappa shape index (κ3) is 3.03. The number of amides is 1. The molecule has 124 valence electrons. The number of pyridine rings is 1. The summed E-state index contributed by atoms with van der Waals surface area (Å²) in [5.74, 6) is 0.255. The SMILES string of the molecule is C=CCN1CCN(C)C(=O)C12CCN(Cc1cccc(C)n1)C2. The zero-order valence-corrected chi connectivity index (χ0v) is 14.2. The van der Waals surface area contributed by atoms with E-state index in [4.69, 9.17) is 0 Å². The summed E-state index contributed by atoms with van der Waals surface area (Å²) in [6.07, 6.45) is 2.79. The zero-order valence-electron chi connectivity index (χ0n) is 14.2. The van der Waals surface area contributed by atoms with Gasteiger partial charge in [-0.1, -0.05) is 12.1 Å². The number of carbonyl (C=O) groups excluding carboxylic acids is 1. The maximum Gasteiger partial charge on any atom is 0.244 e. The molecular weight excluding hydrogens is 288 g/mol. The summed E-state index contributed by atoms with van der Waals surface area (Å²) < 4.78 is 0. The first-order chi connectivity index (χ1) is 11.0. The Hall–Kier alpha value is -1.72. The number of hydrogen-bond donors (Lipinski definition) is 0. The number of aryl methyl sites for hydroxylation is 1. The van der Waals surface area contributed by atoms with Crippen LogP contribution in [0.3, 0.4) is 0 Å². The van der Waals surface area contributed by atoms with Gasteiger partial charge < -0.3 is 4.90 Å². The van der Waals surface area contributed by atoms with Gasteiger partial charge in [0.05, 0.1) is 5.69 Å². The van der Waals surface area contributed by atoms with E-state index in [2.05, 4.69) is 27.4 Å². The number of piperazine rings is 1. The number of likely N-dealkylation sites (N-methyl/N-ethyl adjacent to an activating group) is 1. The first-order valence-corrected chi connectivity index (χ1v) is 8.31. The van der Waals surface area contributed by atoms with Gasteiger partial charge in [0, 0.05) is 52.0 Å². The third-order valence-electron chi connectivity index (χ3n) is 5.06. The highest BCUT2D eigenvalue weighted by Gasteiger charge is 2.51. The summed E-state index contributed by atoms with van der Waals surface area (Å²) in [5.41, 5.74) is 1.73. The topological polar surface area (TPSA) is 39.7 Å². The molecule has 1 unspecified atom stereocenters. The maximum absolute atomic E-state index is 12.9. The first-order valence-electron chi connectivity index (χ1n) is 8.31. The Morgan fingerprint density at radius 3 is 2.91 bits per heavy atom. The van der Waals surface area contributed by atoms with E-state index in [1.54, 1.807) is 0 Å². The van der Waals surface area contributed by atoms with Crippen molar-refractivity contribution in [2.24, 2.45) is 0 Å². The molecule has 1 aromatic rings. The number of rotatable bonds is 4. The molecule has 2 fully saturated rings. The second kappa shape index (κ2) is 6.42. The molecule has 1 aromatic heterocycles. The molecule has 2 saturated heterocycles. The molecular formula is C18H26N4O. The summed E-state index contributed by atoms with van der Waals surface area (Å²) in [6, 6.07) is 6.13. The molecule has 2 aliphatic heterocycles. The van der Waals surface area contributed by atoms with Crippen molar-refractivity contribution in [3.63, 3.8) is 0 Å². The quantitative estimate of drug-likeness (QED) is 0.785. The third-order valence-corrected chi connectivity index (χ3v) is 5.06. The van der Waals surface area contributed by atoms with Crippen molar-refractivity contribution in [2.75, 3.05) is 39.8 Å². The lowest BCUT2D eigenvalue weighted by Gasteiger charge is -2.46. The Morgan fingerprint density at radius 2 is 2.17 bits per heavy atom. The lowest BCUT2D eigenvalue weighted by atomic mass is 9.91. The molecule has 1 spiro atoms. The van der Waals surface area contributed by atoms with Crippen LogP contribution in [0.15, 0.2) is 30.9 Å². The molecule has 0 aromatic carbocycles. The van der Waals surface area contributed by atoms with Gasteiger partial charge in [0.15, 0.2) is 0 Å². The minimum atomic E-state index is -0.384. The second-order valence-electron chi connectivity index (χ2n) is 6.72. The highest BCUT2D eigenvalue weighted by Crippen LogP contribution is 2.33. The van der Waals surface area contributed by atoms with Crippen molar-refractivity contribution in [3.8, 4) is 0 Å². The fourth-order valence-electron chi connectivity index (χ4n) is 3.85. The molecule has 0 radical (unpaired) electrons. The van der Waals surface area contributed by atoms with Gasteiger partial charge in [-0.25, -0.2) is 0 Å². The molecule has 0 N–H and O–H groups in total. The normalized spacial score (nSPS) is 26.2. The lowest BCUT2D eigenvalue weighted by molar-refractivity contribution is -0.148. The fourth-order valence-corrected chi connectivity index (χ4v) is 3.85. The smallest absolute Gasteiger partial charge is 0.244 e. The Morgan fingerprint density at radius 1 is 1.35 bits per heavy atom. The van der Waals surface area contributed by atoms with Crippen LogP contribution in [-0.4, -0.2) is 70.9 Å². The van der Waals surface area contributed by atoms with Crippen molar-refractivity contribution in [1.82, 2.24) is 19.7 Å². The largest absolute Gasteiger partial charge is 0.343 e. The molecule has 1 amide bonds. The van der Waals surface area contributed by atoms with Gasteiger partial charge in [-0.15, -0.1) is 6.58 Å². The van der Waals surface area contributed by atoms with Crippen LogP contribution < -0.4 is 0 Å². The van der Waals surface area contributed by atoms with Crippen LogP contribution in [0.5, 0.6) is 0 Å². The fraction of sp³-hybridized carbons (Fsp3) is 0.556. The highest BCUT2D eigenvalue weighted by molar-refractivity contribution is 5.87. The van der Waals surface area contributed by atoms with E-state index in [9.17, 15) is 4.79 Å². The van der Waals surface area contributed by atoms with Gasteiger partial charge in [-0.2, -0.15) is 0 Å². The van der Waals surface area contributed by atoms with E-state index in [-0.39, 0.29) is 11.4 Å². The van der Waals surface area contributed by atoms with Gasteiger partial charge in [-0.05, 0) is 25.5 Å². The summed E-state index contributed by atoms with van der Waals surface area (Å²) >= 11 is 0. The molecule has 2 aliphatic rings. The molecule has 5 nitrogen and oxygen atoms in total. The van der Waals surface area contributed by atoms with E-state index in [0.717, 1.165) is 57.1 Å². The highest BCUT2D eigenvalue weighted by atomic mass is 16.2. The van der Waals surface area contributed by atoms with Gasteiger partial charge in [0.25, 0.3) is 0 Å². The van der Waals surface area contributed by atoms with E-state index in [0.29, 0.717) is 0 Å². The molecule has 1 atom stereocenters. The number of likely N-dealkylation sites (tertiary alicyclic amines) is 1. The Kier molecular flexibility index (Phi) is 4.50. The Balaban J connectivity index is 1.77. The first kappa shape index (κ1) is 16.1. The Labute approximate surface area is 138 Å². The number of nitrogens with zero attached hydrogens (tertiary/aromatic N) is 4. The lowest BCUT2D eigenvalue weighted by Crippen LogP contribution is -2.66. The van der Waals surface area contributed by atoms with Crippen LogP contribution >= 0.6 is 0 Å². The van der Waals surface area contributed by atoms with Crippen molar-refractivity contribution < 1.29 is 4.79 Å². The zero-order chi connectivity index (χ0) is 16.4. The van der Waals surface area contributed by atoms with Crippen molar-refractivity contribution in [1.29, 1.82) is 0 Å². The van der Waals surface area contributed by atoms with Crippen LogP contribution in [0.4, 0.5) is 0 Å². The van der Waals surface area contributed by atoms with Crippen LogP contribution in [0, 0.1) is 6.92 Å². The standard InChI is InChI=1S/C18H26N4O/c1-4-9-22-12-11-20(3)17(23)18(22)8-10-21(14-18)13-16-7-5-6-15(2)19-16/h4-7H,1,8-14H2,2-3H3. The minimum absolute atomic E-state index is 0.255. The molecule has 3 heterocycles. The molecule has 0 saturated carbocycles. The molecule has 5 heteroatoms. The van der Waals surface area contributed by atoms with Crippen LogP contribution in [0.25, 0.3) is 0 Å². The number of carbonyl (C=O) groups is 1. The summed E-state index contributed by atoms with van der Waals surface area (Å²) in [5, 5.41) is 0. The number of hydrogen-bond acceptors (Lipinski definition) is 4. The summed E-state index contributed by atoms with van der Waals surface area (Å²) in [6.45, 7) is 10.9. The molecule has 0 aliphatic carbocycles. The van der Waals surface area contributed by atoms with E-state index in [1.165, 1.54) is 0 Å². The summed E-state index contributed by atoms with van der Waals surface area (Å²) in [7, 11) is 1.92. The van der Waals surface area contributed by atoms with Crippen LogP contribution in [-0.2, 0) is 11.3 Å². The predicted molar refractivity (Wildman–Crippen MR) is 91.0 cm³/mol. The minimum Gasteiger partial charge on any atom is -0.343 e. The van der Waals surface area contributed by atoms with Gasteiger partial charge in [-0.3, -0.25) is 19.6 Å². The summed E-state index contributed by atoms with van der Waals surface area (Å²) in [4.78, 5) is 24.0. The van der Waals surface area contributed by atoms with Crippen molar-refractivity contribution in [3.05, 3.63) is 42.2 Å². The van der Waals surface area contributed by atoms with E-state index < -0.39 is 0 Å². The van der Waals surface area contributed by atoms with Crippen LogP contribution in [0.1, 0.15) is 17.8 Å². The van der Waals surface area contributed by atoms with E-state index in [1.807, 2.05) is 37.1 Å². The Bertz CT molecular complexity index is 602. The number of aromatic nitrogens is 1. The van der Waals surface area contributed by atoms with Crippen molar-refractivity contribution >= 4 is 5.91 Å². The van der Waals surface area contributed by atoms with Gasteiger partial charge in [0.1, 0.15) is 5.54 Å². The molecule has 0 bridgehead atoms. The average Bonchev–Trinajstić information content (AvgIpc) is 2.93. The molecule has 23 heavy (non-hydrogen) atoms. The predicted octanol–water partition coefficient (Wildman–Crippen LogP) is 1.29. The van der Waals surface area contributed by atoms with Gasteiger partial charge in [0.2, 0.25) is 5.91 Å². The molecule has 3 rings (SSSR count). The van der Waals surface area contributed by atoms with E-state index >= 15 is 0 Å². The second-order valence-corrected chi connectivity index (χ2v) is 6.72. The monoisotopic (exact) mass is 314 g/mol. The van der Waals surface area contributed by atoms with Crippen LogP contribution in [0.2, 0.25) is 0 Å². The maximum atomic E-state index is 12.9. The van der Waals surface area contributed by atoms with Gasteiger partial charge >= 0.3 is 0 Å². The average molecular weight is 314 g/mol.